The normalized spacial score (nSPS) is 10.8. The molecule has 0 aliphatic carbocycles. The van der Waals surface area contributed by atoms with Gasteiger partial charge < -0.3 is 10.1 Å². The Labute approximate surface area is 173 Å². The largest absolute Gasteiger partial charge is 0.497 e. The summed E-state index contributed by atoms with van der Waals surface area (Å²) in [4.78, 5) is 12.5. The predicted octanol–water partition coefficient (Wildman–Crippen LogP) is 4.07. The molecule has 0 aliphatic heterocycles. The van der Waals surface area contributed by atoms with Gasteiger partial charge in [0.05, 0.1) is 19.2 Å². The number of ether oxygens (including phenoxy) is 1. The van der Waals surface area contributed by atoms with E-state index in [2.05, 4.69) is 15.6 Å². The van der Waals surface area contributed by atoms with Crippen LogP contribution in [0, 0.1) is 0 Å². The first-order chi connectivity index (χ1) is 14.1. The van der Waals surface area contributed by atoms with Crippen molar-refractivity contribution >= 4 is 28.5 Å². The molecule has 146 valence electrons. The van der Waals surface area contributed by atoms with Crippen molar-refractivity contribution in [1.82, 2.24) is 20.3 Å². The number of hydrogen-bond donors (Lipinski definition) is 1. The lowest BCUT2D eigenvalue weighted by molar-refractivity contribution is 0.0951. The van der Waals surface area contributed by atoms with Crippen LogP contribution < -0.4 is 10.1 Å². The first kappa shape index (κ1) is 19.0. The molecule has 1 aromatic heterocycles. The van der Waals surface area contributed by atoms with Gasteiger partial charge in [0, 0.05) is 17.1 Å². The van der Waals surface area contributed by atoms with Gasteiger partial charge in [-0.1, -0.05) is 41.1 Å². The number of aromatic nitrogens is 3. The molecule has 7 heteroatoms. The lowest BCUT2D eigenvalue weighted by Gasteiger charge is -2.07. The molecule has 29 heavy (non-hydrogen) atoms. The quantitative estimate of drug-likeness (QED) is 0.524. The number of carbonyl (C=O) groups excluding carboxylic acids is 1. The minimum Gasteiger partial charge on any atom is -0.497 e. The summed E-state index contributed by atoms with van der Waals surface area (Å²) in [6.45, 7) is 0.992. The molecule has 0 unspecified atom stereocenters. The maximum Gasteiger partial charge on any atom is 0.251 e. The van der Waals surface area contributed by atoms with Gasteiger partial charge in [-0.2, -0.15) is 0 Å². The number of nitrogens with one attached hydrogen (secondary N) is 1. The van der Waals surface area contributed by atoms with Crippen molar-refractivity contribution in [3.05, 3.63) is 88.4 Å². The standard InChI is InChI=1S/C22H19ClN4O2/c1-29-19-4-2-3-16(11-19)14-27-21-10-7-17(12-20(21)25-26-27)22(28)24-13-15-5-8-18(23)9-6-15/h2-12H,13-14H2,1H3,(H,24,28). The van der Waals surface area contributed by atoms with E-state index in [0.29, 0.717) is 29.2 Å². The Kier molecular flexibility index (Phi) is 5.44. The van der Waals surface area contributed by atoms with Crippen LogP contribution in [0.25, 0.3) is 11.0 Å². The maximum atomic E-state index is 12.5. The predicted molar refractivity (Wildman–Crippen MR) is 112 cm³/mol. The van der Waals surface area contributed by atoms with Gasteiger partial charge in [0.1, 0.15) is 11.3 Å². The first-order valence-electron chi connectivity index (χ1n) is 9.11. The highest BCUT2D eigenvalue weighted by Crippen LogP contribution is 2.18. The van der Waals surface area contributed by atoms with Gasteiger partial charge in [0.2, 0.25) is 0 Å². The molecule has 1 amide bonds. The van der Waals surface area contributed by atoms with Gasteiger partial charge in [-0.05, 0) is 53.6 Å². The van der Waals surface area contributed by atoms with Gasteiger partial charge >= 0.3 is 0 Å². The number of halogens is 1. The van der Waals surface area contributed by atoms with Gasteiger partial charge in [0.25, 0.3) is 5.91 Å². The Bertz CT molecular complexity index is 1160. The highest BCUT2D eigenvalue weighted by atomic mass is 35.5. The Morgan fingerprint density at radius 1 is 1.07 bits per heavy atom. The van der Waals surface area contributed by atoms with Crippen molar-refractivity contribution in [2.45, 2.75) is 13.1 Å². The third-order valence-corrected chi connectivity index (χ3v) is 4.86. The summed E-state index contributed by atoms with van der Waals surface area (Å²) >= 11 is 5.89. The molecule has 0 bridgehead atoms. The molecule has 0 fully saturated rings. The van der Waals surface area contributed by atoms with Crippen LogP contribution in [0.5, 0.6) is 5.75 Å². The van der Waals surface area contributed by atoms with Crippen molar-refractivity contribution in [3.63, 3.8) is 0 Å². The van der Waals surface area contributed by atoms with Crippen molar-refractivity contribution < 1.29 is 9.53 Å². The van der Waals surface area contributed by atoms with E-state index < -0.39 is 0 Å². The number of methoxy groups -OCH3 is 1. The molecular formula is C22H19ClN4O2. The van der Waals surface area contributed by atoms with E-state index in [4.69, 9.17) is 16.3 Å². The molecule has 3 aromatic carbocycles. The highest BCUT2D eigenvalue weighted by Gasteiger charge is 2.11. The molecule has 1 N–H and O–H groups in total. The molecule has 0 saturated heterocycles. The zero-order valence-corrected chi connectivity index (χ0v) is 16.6. The summed E-state index contributed by atoms with van der Waals surface area (Å²) in [6.07, 6.45) is 0. The molecule has 0 aliphatic rings. The SMILES string of the molecule is COc1cccc(Cn2nnc3cc(C(=O)NCc4ccc(Cl)cc4)ccc32)c1. The number of fused-ring (bicyclic) bond motifs is 1. The Balaban J connectivity index is 1.48. The van der Waals surface area contributed by atoms with Gasteiger partial charge in [0.15, 0.2) is 0 Å². The zero-order valence-electron chi connectivity index (χ0n) is 15.8. The third-order valence-electron chi connectivity index (χ3n) is 4.61. The van der Waals surface area contributed by atoms with Crippen LogP contribution in [0.4, 0.5) is 0 Å². The van der Waals surface area contributed by atoms with Gasteiger partial charge in [-0.15, -0.1) is 5.10 Å². The Hall–Kier alpha value is -3.38. The topological polar surface area (TPSA) is 69.0 Å². The van der Waals surface area contributed by atoms with Crippen LogP contribution in [0.15, 0.2) is 66.7 Å². The smallest absolute Gasteiger partial charge is 0.251 e. The lowest BCUT2D eigenvalue weighted by Crippen LogP contribution is -2.22. The van der Waals surface area contributed by atoms with E-state index >= 15 is 0 Å². The summed E-state index contributed by atoms with van der Waals surface area (Å²) in [7, 11) is 1.64. The number of rotatable bonds is 6. The Morgan fingerprint density at radius 3 is 2.69 bits per heavy atom. The van der Waals surface area contributed by atoms with Crippen molar-refractivity contribution in [1.29, 1.82) is 0 Å². The Morgan fingerprint density at radius 2 is 1.90 bits per heavy atom. The summed E-state index contributed by atoms with van der Waals surface area (Å²) in [5.41, 5.74) is 4.11. The average Bonchev–Trinajstić information content (AvgIpc) is 3.15. The van der Waals surface area contributed by atoms with Crippen LogP contribution in [-0.4, -0.2) is 28.0 Å². The van der Waals surface area contributed by atoms with Gasteiger partial charge in [-0.3, -0.25) is 4.79 Å². The second-order valence-corrected chi connectivity index (χ2v) is 7.05. The molecular weight excluding hydrogens is 388 g/mol. The molecule has 1 heterocycles. The fourth-order valence-corrected chi connectivity index (χ4v) is 3.19. The van der Waals surface area contributed by atoms with E-state index in [9.17, 15) is 4.79 Å². The van der Waals surface area contributed by atoms with Crippen LogP contribution in [0.1, 0.15) is 21.5 Å². The van der Waals surface area contributed by atoms with E-state index in [1.807, 2.05) is 42.5 Å². The van der Waals surface area contributed by atoms with Crippen LogP contribution in [0.2, 0.25) is 5.02 Å². The fourth-order valence-electron chi connectivity index (χ4n) is 3.06. The molecule has 0 spiro atoms. The van der Waals surface area contributed by atoms with E-state index in [-0.39, 0.29) is 5.91 Å². The van der Waals surface area contributed by atoms with E-state index in [1.165, 1.54) is 0 Å². The molecule has 0 saturated carbocycles. The molecule has 4 rings (SSSR count). The number of hydrogen-bond acceptors (Lipinski definition) is 4. The summed E-state index contributed by atoms with van der Waals surface area (Å²) in [5.74, 6) is 0.635. The fraction of sp³-hybridized carbons (Fsp3) is 0.136. The third kappa shape index (κ3) is 4.38. The van der Waals surface area contributed by atoms with Crippen LogP contribution >= 0.6 is 11.6 Å². The molecule has 6 nitrogen and oxygen atoms in total. The number of carbonyl (C=O) groups is 1. The summed E-state index contributed by atoms with van der Waals surface area (Å²) in [5, 5.41) is 12.0. The minimum absolute atomic E-state index is 0.163. The van der Waals surface area contributed by atoms with E-state index in [1.54, 1.807) is 36.1 Å². The number of nitrogens with zero attached hydrogens (tertiary/aromatic N) is 3. The molecule has 0 atom stereocenters. The zero-order chi connectivity index (χ0) is 20.2. The highest BCUT2D eigenvalue weighted by molar-refractivity contribution is 6.30. The van der Waals surface area contributed by atoms with Crippen LogP contribution in [0.3, 0.4) is 0 Å². The average molecular weight is 407 g/mol. The monoisotopic (exact) mass is 406 g/mol. The van der Waals surface area contributed by atoms with Crippen molar-refractivity contribution in [2.24, 2.45) is 0 Å². The lowest BCUT2D eigenvalue weighted by atomic mass is 10.1. The first-order valence-corrected chi connectivity index (χ1v) is 9.49. The van der Waals surface area contributed by atoms with Crippen LogP contribution in [-0.2, 0) is 13.1 Å². The summed E-state index contributed by atoms with van der Waals surface area (Å²) < 4.78 is 7.07. The number of benzene rings is 3. The number of amides is 1. The second-order valence-electron chi connectivity index (χ2n) is 6.61. The van der Waals surface area contributed by atoms with Gasteiger partial charge in [-0.25, -0.2) is 4.68 Å². The molecule has 4 aromatic rings. The maximum absolute atomic E-state index is 12.5. The van der Waals surface area contributed by atoms with E-state index in [0.717, 1.165) is 22.4 Å². The second kappa shape index (κ2) is 8.32. The van der Waals surface area contributed by atoms with Crippen molar-refractivity contribution in [2.75, 3.05) is 7.11 Å². The van der Waals surface area contributed by atoms with Crippen molar-refractivity contribution in [3.8, 4) is 5.75 Å². The molecule has 0 radical (unpaired) electrons. The minimum atomic E-state index is -0.163. The summed E-state index contributed by atoms with van der Waals surface area (Å²) in [6, 6.07) is 20.6.